The molecule has 0 amide bonds. The SMILES string of the molecule is O/N=C/C=C/c1ccc(-c2ccccc2)o1. The molecule has 16 heavy (non-hydrogen) atoms. The number of hydrogen-bond donors (Lipinski definition) is 1. The molecule has 1 aromatic heterocycles. The van der Waals surface area contributed by atoms with E-state index in [-0.39, 0.29) is 0 Å². The van der Waals surface area contributed by atoms with E-state index in [2.05, 4.69) is 5.16 Å². The van der Waals surface area contributed by atoms with Gasteiger partial charge in [-0.25, -0.2) is 0 Å². The zero-order chi connectivity index (χ0) is 11.2. The van der Waals surface area contributed by atoms with Crippen LogP contribution in [-0.4, -0.2) is 11.4 Å². The molecule has 0 spiro atoms. The van der Waals surface area contributed by atoms with E-state index in [1.165, 1.54) is 6.21 Å². The van der Waals surface area contributed by atoms with Crippen LogP contribution >= 0.6 is 0 Å². The molecule has 0 unspecified atom stereocenters. The molecule has 3 nitrogen and oxygen atoms in total. The number of furan rings is 1. The van der Waals surface area contributed by atoms with Crippen molar-refractivity contribution in [3.05, 3.63) is 54.3 Å². The summed E-state index contributed by atoms with van der Waals surface area (Å²) in [5, 5.41) is 11.1. The Morgan fingerprint density at radius 3 is 2.62 bits per heavy atom. The van der Waals surface area contributed by atoms with Crippen LogP contribution in [0.4, 0.5) is 0 Å². The van der Waals surface area contributed by atoms with Crippen molar-refractivity contribution in [1.82, 2.24) is 0 Å². The Kier molecular flexibility index (Phi) is 3.18. The molecule has 0 atom stereocenters. The molecular formula is C13H11NO2. The molecule has 0 saturated heterocycles. The Morgan fingerprint density at radius 1 is 1.06 bits per heavy atom. The number of allylic oxidation sites excluding steroid dienone is 1. The van der Waals surface area contributed by atoms with Crippen molar-refractivity contribution < 1.29 is 9.62 Å². The third kappa shape index (κ3) is 2.39. The van der Waals surface area contributed by atoms with Crippen molar-refractivity contribution in [3.63, 3.8) is 0 Å². The van der Waals surface area contributed by atoms with Crippen molar-refractivity contribution in [3.8, 4) is 11.3 Å². The first-order valence-corrected chi connectivity index (χ1v) is 4.89. The van der Waals surface area contributed by atoms with Crippen molar-refractivity contribution in [2.45, 2.75) is 0 Å². The van der Waals surface area contributed by atoms with Gasteiger partial charge in [0.25, 0.3) is 0 Å². The molecule has 0 radical (unpaired) electrons. The van der Waals surface area contributed by atoms with Crippen molar-refractivity contribution in [2.24, 2.45) is 5.16 Å². The van der Waals surface area contributed by atoms with E-state index in [0.29, 0.717) is 0 Å². The van der Waals surface area contributed by atoms with E-state index in [9.17, 15) is 0 Å². The fraction of sp³-hybridized carbons (Fsp3) is 0. The third-order valence-electron chi connectivity index (χ3n) is 2.10. The van der Waals surface area contributed by atoms with Crippen LogP contribution in [0.1, 0.15) is 5.76 Å². The van der Waals surface area contributed by atoms with Gasteiger partial charge in [0, 0.05) is 5.56 Å². The summed E-state index contributed by atoms with van der Waals surface area (Å²) in [6.07, 6.45) is 4.62. The predicted octanol–water partition coefficient (Wildman–Crippen LogP) is 3.42. The van der Waals surface area contributed by atoms with Gasteiger partial charge in [0.05, 0.1) is 6.21 Å². The lowest BCUT2D eigenvalue weighted by molar-refractivity contribution is 0.322. The standard InChI is InChI=1S/C13H11NO2/c15-14-10-4-7-12-8-9-13(16-12)11-5-2-1-3-6-11/h1-10,15H/b7-4+,14-10+. The molecule has 1 N–H and O–H groups in total. The summed E-state index contributed by atoms with van der Waals surface area (Å²) >= 11 is 0. The lowest BCUT2D eigenvalue weighted by Crippen LogP contribution is -1.70. The molecule has 0 aliphatic carbocycles. The average molecular weight is 213 g/mol. The highest BCUT2D eigenvalue weighted by atomic mass is 16.4. The summed E-state index contributed by atoms with van der Waals surface area (Å²) < 4.78 is 5.59. The molecule has 0 bridgehead atoms. The van der Waals surface area contributed by atoms with Gasteiger partial charge in [-0.15, -0.1) is 0 Å². The summed E-state index contributed by atoms with van der Waals surface area (Å²) in [7, 11) is 0. The van der Waals surface area contributed by atoms with Gasteiger partial charge in [-0.3, -0.25) is 0 Å². The van der Waals surface area contributed by atoms with Gasteiger partial charge < -0.3 is 9.62 Å². The van der Waals surface area contributed by atoms with Gasteiger partial charge in [0.15, 0.2) is 0 Å². The maximum atomic E-state index is 8.22. The second-order valence-electron chi connectivity index (χ2n) is 3.19. The van der Waals surface area contributed by atoms with E-state index in [0.717, 1.165) is 17.1 Å². The van der Waals surface area contributed by atoms with Gasteiger partial charge >= 0.3 is 0 Å². The highest BCUT2D eigenvalue weighted by Crippen LogP contribution is 2.22. The largest absolute Gasteiger partial charge is 0.457 e. The van der Waals surface area contributed by atoms with Gasteiger partial charge in [0.1, 0.15) is 11.5 Å². The van der Waals surface area contributed by atoms with Crippen LogP contribution in [-0.2, 0) is 0 Å². The van der Waals surface area contributed by atoms with E-state index in [1.54, 1.807) is 12.2 Å². The van der Waals surface area contributed by atoms with Crippen LogP contribution in [0.2, 0.25) is 0 Å². The number of benzene rings is 1. The molecule has 0 aliphatic rings. The van der Waals surface area contributed by atoms with Gasteiger partial charge in [-0.1, -0.05) is 35.5 Å². The monoisotopic (exact) mass is 213 g/mol. The van der Waals surface area contributed by atoms with E-state index in [1.807, 2.05) is 42.5 Å². The lowest BCUT2D eigenvalue weighted by atomic mass is 10.2. The predicted molar refractivity (Wildman–Crippen MR) is 63.5 cm³/mol. The van der Waals surface area contributed by atoms with Crippen LogP contribution in [0.5, 0.6) is 0 Å². The van der Waals surface area contributed by atoms with Crippen molar-refractivity contribution in [2.75, 3.05) is 0 Å². The quantitative estimate of drug-likeness (QED) is 0.482. The zero-order valence-corrected chi connectivity index (χ0v) is 8.58. The maximum absolute atomic E-state index is 8.22. The number of rotatable bonds is 3. The summed E-state index contributed by atoms with van der Waals surface area (Å²) in [4.78, 5) is 0. The molecule has 1 aromatic carbocycles. The normalized spacial score (nSPS) is 11.5. The van der Waals surface area contributed by atoms with Gasteiger partial charge in [-0.2, -0.15) is 0 Å². The minimum absolute atomic E-state index is 0.721. The highest BCUT2D eigenvalue weighted by molar-refractivity contribution is 5.77. The molecule has 1 heterocycles. The first-order chi connectivity index (χ1) is 7.90. The van der Waals surface area contributed by atoms with Crippen LogP contribution < -0.4 is 0 Å². The first-order valence-electron chi connectivity index (χ1n) is 4.89. The van der Waals surface area contributed by atoms with Crippen LogP contribution in [0.25, 0.3) is 17.4 Å². The molecular weight excluding hydrogens is 202 g/mol. The maximum Gasteiger partial charge on any atom is 0.134 e. The number of nitrogens with zero attached hydrogens (tertiary/aromatic N) is 1. The van der Waals surface area contributed by atoms with E-state index >= 15 is 0 Å². The molecule has 3 heteroatoms. The summed E-state index contributed by atoms with van der Waals surface area (Å²) in [6.45, 7) is 0. The zero-order valence-electron chi connectivity index (χ0n) is 8.58. The molecule has 0 fully saturated rings. The third-order valence-corrected chi connectivity index (χ3v) is 2.10. The minimum Gasteiger partial charge on any atom is -0.457 e. The van der Waals surface area contributed by atoms with Gasteiger partial charge in [-0.05, 0) is 24.3 Å². The Hall–Kier alpha value is -2.29. The topological polar surface area (TPSA) is 45.7 Å². The summed E-state index contributed by atoms with van der Waals surface area (Å²) in [5.74, 6) is 1.54. The summed E-state index contributed by atoms with van der Waals surface area (Å²) in [6, 6.07) is 13.6. The molecule has 0 saturated carbocycles. The molecule has 2 aromatic rings. The Morgan fingerprint density at radius 2 is 1.88 bits per heavy atom. The number of oxime groups is 1. The Labute approximate surface area is 93.3 Å². The van der Waals surface area contributed by atoms with Crippen LogP contribution in [0.15, 0.2) is 58.1 Å². The van der Waals surface area contributed by atoms with Crippen LogP contribution in [0.3, 0.4) is 0 Å². The van der Waals surface area contributed by atoms with E-state index < -0.39 is 0 Å². The van der Waals surface area contributed by atoms with Crippen LogP contribution in [0, 0.1) is 0 Å². The van der Waals surface area contributed by atoms with Gasteiger partial charge in [0.2, 0.25) is 0 Å². The molecule has 0 aliphatic heterocycles. The van der Waals surface area contributed by atoms with Crippen molar-refractivity contribution >= 4 is 12.3 Å². The second-order valence-corrected chi connectivity index (χ2v) is 3.19. The van der Waals surface area contributed by atoms with Crippen molar-refractivity contribution in [1.29, 1.82) is 0 Å². The lowest BCUT2D eigenvalue weighted by Gasteiger charge is -1.94. The fourth-order valence-corrected chi connectivity index (χ4v) is 1.38. The fourth-order valence-electron chi connectivity index (χ4n) is 1.38. The molecule has 80 valence electrons. The second kappa shape index (κ2) is 4.98. The highest BCUT2D eigenvalue weighted by Gasteiger charge is 2.00. The Bertz CT molecular complexity index is 498. The summed E-state index contributed by atoms with van der Waals surface area (Å²) in [5.41, 5.74) is 1.04. The van der Waals surface area contributed by atoms with E-state index in [4.69, 9.17) is 9.62 Å². The molecule has 2 rings (SSSR count). The minimum atomic E-state index is 0.721. The first kappa shape index (κ1) is 10.2. The Balaban J connectivity index is 2.20. The average Bonchev–Trinajstić information content (AvgIpc) is 2.79. The smallest absolute Gasteiger partial charge is 0.134 e. The number of hydrogen-bond acceptors (Lipinski definition) is 3.